The number of methoxy groups -OCH3 is 2. The van der Waals surface area contributed by atoms with E-state index in [1.165, 1.54) is 0 Å². The fourth-order valence-corrected chi connectivity index (χ4v) is 1.85. The van der Waals surface area contributed by atoms with Gasteiger partial charge in [0.05, 0.1) is 26.4 Å². The first-order valence-corrected chi connectivity index (χ1v) is 8.30. The summed E-state index contributed by atoms with van der Waals surface area (Å²) < 4.78 is 20.7. The molecule has 0 saturated carbocycles. The molecule has 8 heteroatoms. The van der Waals surface area contributed by atoms with Crippen molar-refractivity contribution < 1.29 is 18.9 Å². The fraction of sp³-hybridized carbons (Fsp3) is 0.750. The van der Waals surface area contributed by atoms with Gasteiger partial charge in [0, 0.05) is 52.9 Å². The third-order valence-electron chi connectivity index (χ3n) is 3.08. The van der Waals surface area contributed by atoms with E-state index in [0.717, 1.165) is 37.6 Å². The third-order valence-corrected chi connectivity index (χ3v) is 3.08. The number of nitrogens with one attached hydrogen (secondary N) is 2. The number of ether oxygens (including phenoxy) is 4. The summed E-state index contributed by atoms with van der Waals surface area (Å²) in [5.41, 5.74) is 0. The Balaban J connectivity index is 2.14. The van der Waals surface area contributed by atoms with Crippen molar-refractivity contribution in [2.24, 2.45) is 0 Å². The lowest BCUT2D eigenvalue weighted by atomic mass is 10.4. The topological polar surface area (TPSA) is 86.8 Å². The molecule has 0 saturated heterocycles. The number of nitrogens with zero attached hydrogens (tertiary/aromatic N) is 2. The normalized spacial score (nSPS) is 10.8. The van der Waals surface area contributed by atoms with Gasteiger partial charge in [-0.25, -0.2) is 9.97 Å². The van der Waals surface area contributed by atoms with E-state index >= 15 is 0 Å². The van der Waals surface area contributed by atoms with Crippen molar-refractivity contribution in [3.63, 3.8) is 0 Å². The largest absolute Gasteiger partial charge is 0.382 e. The average Bonchev–Trinajstić information content (AvgIpc) is 2.61. The molecular formula is C16H30N4O4. The van der Waals surface area contributed by atoms with Gasteiger partial charge in [-0.05, 0) is 12.8 Å². The maximum atomic E-state index is 5.42. The van der Waals surface area contributed by atoms with Crippen LogP contribution in [0.4, 0.5) is 11.6 Å². The monoisotopic (exact) mass is 342 g/mol. The molecule has 0 bridgehead atoms. The van der Waals surface area contributed by atoms with Gasteiger partial charge in [0.15, 0.2) is 11.6 Å². The fourth-order valence-electron chi connectivity index (χ4n) is 1.85. The Labute approximate surface area is 144 Å². The molecule has 138 valence electrons. The van der Waals surface area contributed by atoms with Crippen LogP contribution in [-0.2, 0) is 18.9 Å². The van der Waals surface area contributed by atoms with Crippen LogP contribution in [-0.4, -0.2) is 76.9 Å². The highest BCUT2D eigenvalue weighted by molar-refractivity contribution is 5.58. The Bertz CT molecular complexity index is 372. The van der Waals surface area contributed by atoms with E-state index in [1.54, 1.807) is 26.6 Å². The highest BCUT2D eigenvalue weighted by Gasteiger charge is 2.03. The predicted octanol–water partition coefficient (Wildman–Crippen LogP) is 1.41. The molecule has 8 nitrogen and oxygen atoms in total. The van der Waals surface area contributed by atoms with Crippen molar-refractivity contribution in [3.05, 3.63) is 12.4 Å². The minimum absolute atomic E-state index is 0.626. The highest BCUT2D eigenvalue weighted by atomic mass is 16.5. The Hall–Kier alpha value is -1.48. The molecule has 2 N–H and O–H groups in total. The number of hydrogen-bond donors (Lipinski definition) is 2. The summed E-state index contributed by atoms with van der Waals surface area (Å²) in [6.07, 6.45) is 5.15. The van der Waals surface area contributed by atoms with Crippen LogP contribution in [0.1, 0.15) is 12.8 Å². The Morgan fingerprint density at radius 3 is 1.58 bits per heavy atom. The molecule has 0 aliphatic carbocycles. The van der Waals surface area contributed by atoms with E-state index in [1.807, 2.05) is 0 Å². The second-order valence-corrected chi connectivity index (χ2v) is 5.02. The van der Waals surface area contributed by atoms with Crippen LogP contribution in [0.2, 0.25) is 0 Å². The summed E-state index contributed by atoms with van der Waals surface area (Å²) in [6, 6.07) is 0. The maximum absolute atomic E-state index is 5.42. The molecule has 0 fully saturated rings. The first-order valence-electron chi connectivity index (χ1n) is 8.30. The minimum Gasteiger partial charge on any atom is -0.382 e. The molecular weight excluding hydrogens is 312 g/mol. The van der Waals surface area contributed by atoms with Crippen LogP contribution >= 0.6 is 0 Å². The van der Waals surface area contributed by atoms with E-state index in [4.69, 9.17) is 18.9 Å². The second kappa shape index (κ2) is 15.1. The number of rotatable bonds is 16. The quantitative estimate of drug-likeness (QED) is 0.436. The molecule has 0 aliphatic rings. The SMILES string of the molecule is COCCOCCCNc1nccnc1NCCCOCCOC. The van der Waals surface area contributed by atoms with Gasteiger partial charge in [0.1, 0.15) is 0 Å². The molecule has 1 rings (SSSR count). The molecule has 0 spiro atoms. The zero-order valence-electron chi connectivity index (χ0n) is 14.8. The minimum atomic E-state index is 0.626. The summed E-state index contributed by atoms with van der Waals surface area (Å²) in [5.74, 6) is 1.52. The van der Waals surface area contributed by atoms with Crippen LogP contribution in [0.25, 0.3) is 0 Å². The lowest BCUT2D eigenvalue weighted by Crippen LogP contribution is -2.13. The summed E-state index contributed by atoms with van der Waals surface area (Å²) >= 11 is 0. The zero-order valence-corrected chi connectivity index (χ0v) is 14.8. The summed E-state index contributed by atoms with van der Waals surface area (Å²) in [5, 5.41) is 6.56. The third kappa shape index (κ3) is 10.3. The Morgan fingerprint density at radius 1 is 0.708 bits per heavy atom. The number of aromatic nitrogens is 2. The predicted molar refractivity (Wildman–Crippen MR) is 93.6 cm³/mol. The molecule has 0 aromatic carbocycles. The van der Waals surface area contributed by atoms with E-state index < -0.39 is 0 Å². The van der Waals surface area contributed by atoms with Crippen molar-refractivity contribution >= 4 is 11.6 Å². The maximum Gasteiger partial charge on any atom is 0.169 e. The van der Waals surface area contributed by atoms with Crippen molar-refractivity contribution in [1.82, 2.24) is 9.97 Å². The van der Waals surface area contributed by atoms with Gasteiger partial charge in [0.25, 0.3) is 0 Å². The molecule has 0 unspecified atom stereocenters. The van der Waals surface area contributed by atoms with Gasteiger partial charge in [-0.15, -0.1) is 0 Å². The first kappa shape index (κ1) is 20.6. The lowest BCUT2D eigenvalue weighted by Gasteiger charge is -2.12. The van der Waals surface area contributed by atoms with E-state index in [2.05, 4.69) is 20.6 Å². The lowest BCUT2D eigenvalue weighted by molar-refractivity contribution is 0.0705. The van der Waals surface area contributed by atoms with Crippen molar-refractivity contribution in [2.45, 2.75) is 12.8 Å². The van der Waals surface area contributed by atoms with Gasteiger partial charge in [-0.3, -0.25) is 0 Å². The standard InChI is InChI=1S/C16H30N4O4/c1-21-11-13-23-9-3-5-17-15-16(20-8-7-19-15)18-6-4-10-24-14-12-22-2/h7-8H,3-6,9-14H2,1-2H3,(H,17,19)(H,18,20). The van der Waals surface area contributed by atoms with Gasteiger partial charge in [0.2, 0.25) is 0 Å². The van der Waals surface area contributed by atoms with Gasteiger partial charge >= 0.3 is 0 Å². The van der Waals surface area contributed by atoms with E-state index in [9.17, 15) is 0 Å². The molecule has 0 atom stereocenters. The van der Waals surface area contributed by atoms with Crippen LogP contribution < -0.4 is 10.6 Å². The smallest absolute Gasteiger partial charge is 0.169 e. The highest BCUT2D eigenvalue weighted by Crippen LogP contribution is 2.14. The van der Waals surface area contributed by atoms with Crippen LogP contribution in [0.5, 0.6) is 0 Å². The van der Waals surface area contributed by atoms with Gasteiger partial charge in [-0.2, -0.15) is 0 Å². The van der Waals surface area contributed by atoms with E-state index in [0.29, 0.717) is 39.6 Å². The van der Waals surface area contributed by atoms with Crippen molar-refractivity contribution in [2.75, 3.05) is 77.6 Å². The Kier molecular flexibility index (Phi) is 12.9. The molecule has 24 heavy (non-hydrogen) atoms. The zero-order chi connectivity index (χ0) is 17.3. The van der Waals surface area contributed by atoms with Crippen molar-refractivity contribution in [1.29, 1.82) is 0 Å². The first-order chi connectivity index (χ1) is 11.9. The van der Waals surface area contributed by atoms with Crippen molar-refractivity contribution in [3.8, 4) is 0 Å². The summed E-state index contributed by atoms with van der Waals surface area (Å²) in [6.45, 7) is 5.45. The molecule has 0 radical (unpaired) electrons. The molecule has 1 aromatic heterocycles. The average molecular weight is 342 g/mol. The summed E-state index contributed by atoms with van der Waals surface area (Å²) in [4.78, 5) is 8.64. The van der Waals surface area contributed by atoms with Crippen LogP contribution in [0.3, 0.4) is 0 Å². The van der Waals surface area contributed by atoms with E-state index in [-0.39, 0.29) is 0 Å². The molecule has 1 heterocycles. The molecule has 0 amide bonds. The Morgan fingerprint density at radius 2 is 1.17 bits per heavy atom. The van der Waals surface area contributed by atoms with Gasteiger partial charge in [-0.1, -0.05) is 0 Å². The number of anilines is 2. The number of hydrogen-bond acceptors (Lipinski definition) is 8. The van der Waals surface area contributed by atoms with Crippen LogP contribution in [0.15, 0.2) is 12.4 Å². The molecule has 0 aliphatic heterocycles. The second-order valence-electron chi connectivity index (χ2n) is 5.02. The molecule has 1 aromatic rings. The van der Waals surface area contributed by atoms with Gasteiger partial charge < -0.3 is 29.6 Å². The van der Waals surface area contributed by atoms with Crippen LogP contribution in [0, 0.1) is 0 Å². The summed E-state index contributed by atoms with van der Waals surface area (Å²) in [7, 11) is 3.33.